The first-order valence-corrected chi connectivity index (χ1v) is 8.79. The highest BCUT2D eigenvalue weighted by Gasteiger charge is 2.33. The van der Waals surface area contributed by atoms with E-state index >= 15 is 0 Å². The molecule has 0 radical (unpaired) electrons. The maximum absolute atomic E-state index is 13.0. The van der Waals surface area contributed by atoms with Crippen molar-refractivity contribution in [1.82, 2.24) is 0 Å². The lowest BCUT2D eigenvalue weighted by Gasteiger charge is -2.11. The van der Waals surface area contributed by atoms with Crippen molar-refractivity contribution in [2.75, 3.05) is 0 Å². The van der Waals surface area contributed by atoms with Crippen LogP contribution in [0.4, 0.5) is 13.2 Å². The molecule has 0 aliphatic carbocycles. The summed E-state index contributed by atoms with van der Waals surface area (Å²) in [6, 6.07) is 9.33. The van der Waals surface area contributed by atoms with Gasteiger partial charge in [0, 0.05) is 5.02 Å². The van der Waals surface area contributed by atoms with E-state index < -0.39 is 36.9 Å². The summed E-state index contributed by atoms with van der Waals surface area (Å²) in [6.07, 6.45) is -4.04. The van der Waals surface area contributed by atoms with Gasteiger partial charge in [0.2, 0.25) is 9.84 Å². The number of hydrogen-bond donors (Lipinski definition) is 0. The zero-order valence-electron chi connectivity index (χ0n) is 12.2. The van der Waals surface area contributed by atoms with E-state index in [4.69, 9.17) is 23.2 Å². The molecule has 0 amide bonds. The van der Waals surface area contributed by atoms with E-state index in [1.54, 1.807) is 0 Å². The summed E-state index contributed by atoms with van der Waals surface area (Å²) in [4.78, 5) is -1.34. The number of sulfone groups is 1. The standard InChI is InChI=1S/C16H8Cl2F3NO2S/c17-11-5-6-14(18)15(8-11)25(23,24)12(9-22)7-10-3-1-2-4-13(10)16(19,20)21/h1-8H/b12-7-. The van der Waals surface area contributed by atoms with Crippen molar-refractivity contribution in [3.8, 4) is 6.07 Å². The molecule has 0 N–H and O–H groups in total. The molecule has 0 saturated heterocycles. The van der Waals surface area contributed by atoms with E-state index in [-0.39, 0.29) is 10.0 Å². The molecule has 3 nitrogen and oxygen atoms in total. The van der Waals surface area contributed by atoms with Crippen LogP contribution in [0.2, 0.25) is 10.0 Å². The van der Waals surface area contributed by atoms with Gasteiger partial charge in [0.05, 0.1) is 15.5 Å². The van der Waals surface area contributed by atoms with Crippen molar-refractivity contribution in [3.63, 3.8) is 0 Å². The van der Waals surface area contributed by atoms with E-state index in [2.05, 4.69) is 0 Å². The van der Waals surface area contributed by atoms with Crippen LogP contribution in [0.15, 0.2) is 52.3 Å². The Kier molecular flexibility index (Phi) is 5.47. The number of nitriles is 1. The van der Waals surface area contributed by atoms with Gasteiger partial charge >= 0.3 is 6.18 Å². The number of halogens is 5. The van der Waals surface area contributed by atoms with Gasteiger partial charge in [-0.1, -0.05) is 41.4 Å². The van der Waals surface area contributed by atoms with Crippen LogP contribution in [0.5, 0.6) is 0 Å². The van der Waals surface area contributed by atoms with Crippen LogP contribution >= 0.6 is 23.2 Å². The first-order valence-electron chi connectivity index (χ1n) is 6.55. The summed E-state index contributed by atoms with van der Waals surface area (Å²) in [7, 11) is -4.45. The predicted molar refractivity (Wildman–Crippen MR) is 88.7 cm³/mol. The largest absolute Gasteiger partial charge is 0.416 e. The van der Waals surface area contributed by atoms with E-state index in [0.717, 1.165) is 24.3 Å². The minimum Gasteiger partial charge on any atom is -0.218 e. The summed E-state index contributed by atoms with van der Waals surface area (Å²) in [5.41, 5.74) is -1.51. The fourth-order valence-corrected chi connectivity index (χ4v) is 3.90. The Morgan fingerprint density at radius 2 is 1.76 bits per heavy atom. The summed E-state index contributed by atoms with van der Waals surface area (Å²) in [5, 5.41) is 9.04. The number of allylic oxidation sites excluding steroid dienone is 1. The number of benzene rings is 2. The van der Waals surface area contributed by atoms with Gasteiger partial charge in [0.15, 0.2) is 0 Å². The number of rotatable bonds is 3. The third-order valence-corrected chi connectivity index (χ3v) is 5.52. The van der Waals surface area contributed by atoms with Crippen LogP contribution in [0, 0.1) is 11.3 Å². The molecule has 0 aliphatic heterocycles. The Morgan fingerprint density at radius 1 is 1.12 bits per heavy atom. The lowest BCUT2D eigenvalue weighted by molar-refractivity contribution is -0.137. The molecule has 0 saturated carbocycles. The molecule has 130 valence electrons. The summed E-state index contributed by atoms with van der Waals surface area (Å²) in [5.74, 6) is 0. The van der Waals surface area contributed by atoms with Gasteiger partial charge in [-0.15, -0.1) is 0 Å². The Bertz CT molecular complexity index is 993. The first-order chi connectivity index (χ1) is 11.6. The molecule has 0 aromatic heterocycles. The number of hydrogen-bond acceptors (Lipinski definition) is 3. The Morgan fingerprint density at radius 3 is 2.36 bits per heavy atom. The van der Waals surface area contributed by atoms with Gasteiger partial charge in [-0.2, -0.15) is 18.4 Å². The van der Waals surface area contributed by atoms with Crippen molar-refractivity contribution in [2.24, 2.45) is 0 Å². The van der Waals surface area contributed by atoms with Gasteiger partial charge in [0.1, 0.15) is 11.0 Å². The fourth-order valence-electron chi connectivity index (χ4n) is 1.99. The lowest BCUT2D eigenvalue weighted by atomic mass is 10.1. The summed E-state index contributed by atoms with van der Waals surface area (Å²) < 4.78 is 64.3. The van der Waals surface area contributed by atoms with Gasteiger partial charge in [-0.3, -0.25) is 0 Å². The monoisotopic (exact) mass is 405 g/mol. The molecule has 0 fully saturated rings. The molecule has 2 rings (SSSR count). The molecule has 0 bridgehead atoms. The Labute approximate surface area is 151 Å². The van der Waals surface area contributed by atoms with Crippen molar-refractivity contribution in [3.05, 3.63) is 68.5 Å². The van der Waals surface area contributed by atoms with Crippen molar-refractivity contribution >= 4 is 39.1 Å². The van der Waals surface area contributed by atoms with Crippen LogP contribution in [0.1, 0.15) is 11.1 Å². The third kappa shape index (κ3) is 4.15. The van der Waals surface area contributed by atoms with Gasteiger partial charge in [-0.25, -0.2) is 8.42 Å². The van der Waals surface area contributed by atoms with E-state index in [9.17, 15) is 26.9 Å². The normalized spacial score (nSPS) is 12.7. The van der Waals surface area contributed by atoms with Crippen LogP contribution < -0.4 is 0 Å². The molecular formula is C16H8Cl2F3NO2S. The van der Waals surface area contributed by atoms with Crippen molar-refractivity contribution < 1.29 is 21.6 Å². The van der Waals surface area contributed by atoms with Crippen LogP contribution in [0.3, 0.4) is 0 Å². The zero-order chi connectivity index (χ0) is 18.8. The average Bonchev–Trinajstić information content (AvgIpc) is 2.54. The Balaban J connectivity index is 2.67. The topological polar surface area (TPSA) is 57.9 Å². The molecule has 25 heavy (non-hydrogen) atoms. The highest BCUT2D eigenvalue weighted by molar-refractivity contribution is 7.95. The maximum Gasteiger partial charge on any atom is 0.416 e. The van der Waals surface area contributed by atoms with Crippen LogP contribution in [0.25, 0.3) is 6.08 Å². The molecular weight excluding hydrogens is 398 g/mol. The third-order valence-electron chi connectivity index (χ3n) is 3.14. The summed E-state index contributed by atoms with van der Waals surface area (Å²) >= 11 is 11.6. The second-order valence-corrected chi connectivity index (χ2v) is 7.51. The van der Waals surface area contributed by atoms with Crippen LogP contribution in [-0.2, 0) is 16.0 Å². The molecule has 2 aromatic rings. The maximum atomic E-state index is 13.0. The quantitative estimate of drug-likeness (QED) is 0.646. The molecule has 0 atom stereocenters. The van der Waals surface area contributed by atoms with Gasteiger partial charge < -0.3 is 0 Å². The second-order valence-electron chi connectivity index (χ2n) is 4.78. The van der Waals surface area contributed by atoms with Gasteiger partial charge in [-0.05, 0) is 35.9 Å². The molecule has 0 aliphatic rings. The van der Waals surface area contributed by atoms with Crippen molar-refractivity contribution in [1.29, 1.82) is 5.26 Å². The molecule has 2 aromatic carbocycles. The van der Waals surface area contributed by atoms with E-state index in [0.29, 0.717) is 6.08 Å². The van der Waals surface area contributed by atoms with E-state index in [1.807, 2.05) is 0 Å². The minimum atomic E-state index is -4.70. The molecule has 0 heterocycles. The SMILES string of the molecule is N#C/C(=C/c1ccccc1C(F)(F)F)S(=O)(=O)c1cc(Cl)ccc1Cl. The van der Waals surface area contributed by atoms with Crippen LogP contribution in [-0.4, -0.2) is 8.42 Å². The van der Waals surface area contributed by atoms with Gasteiger partial charge in [0.25, 0.3) is 0 Å². The molecule has 0 spiro atoms. The zero-order valence-corrected chi connectivity index (χ0v) is 14.5. The van der Waals surface area contributed by atoms with E-state index in [1.165, 1.54) is 24.3 Å². The fraction of sp³-hybridized carbons (Fsp3) is 0.0625. The smallest absolute Gasteiger partial charge is 0.218 e. The number of alkyl halides is 3. The first kappa shape index (κ1) is 19.3. The highest BCUT2D eigenvalue weighted by atomic mass is 35.5. The molecule has 9 heteroatoms. The lowest BCUT2D eigenvalue weighted by Crippen LogP contribution is -2.09. The highest BCUT2D eigenvalue weighted by Crippen LogP contribution is 2.35. The predicted octanol–water partition coefficient (Wildman–Crippen LogP) is 5.35. The summed E-state index contributed by atoms with van der Waals surface area (Å²) in [6.45, 7) is 0. The second kappa shape index (κ2) is 7.08. The van der Waals surface area contributed by atoms with Crippen molar-refractivity contribution in [2.45, 2.75) is 11.1 Å². The average molecular weight is 406 g/mol. The minimum absolute atomic E-state index is 0.0518. The number of nitrogens with zero attached hydrogens (tertiary/aromatic N) is 1. The Hall–Kier alpha value is -2.01. The molecule has 0 unspecified atom stereocenters.